The minimum atomic E-state index is 0.408. The molecule has 0 bridgehead atoms. The Morgan fingerprint density at radius 2 is 1.71 bits per heavy atom. The molecule has 21 heavy (non-hydrogen) atoms. The predicted molar refractivity (Wildman–Crippen MR) is 88.9 cm³/mol. The van der Waals surface area contributed by atoms with Crippen LogP contribution in [0.5, 0.6) is 5.75 Å². The van der Waals surface area contributed by atoms with Crippen LogP contribution in [0.4, 0.5) is 0 Å². The Labute approximate surface area is 139 Å². The van der Waals surface area contributed by atoms with E-state index in [9.17, 15) is 0 Å². The first-order valence-electron chi connectivity index (χ1n) is 6.61. The highest BCUT2D eigenvalue weighted by molar-refractivity contribution is 7.98. The molecule has 0 unspecified atom stereocenters. The van der Waals surface area contributed by atoms with Crippen molar-refractivity contribution >= 4 is 35.0 Å². The van der Waals surface area contributed by atoms with Gasteiger partial charge in [0.25, 0.3) is 0 Å². The molecular formula is C15H16Cl2N2OS. The Morgan fingerprint density at radius 1 is 1.10 bits per heavy atom. The molecule has 2 rings (SSSR count). The van der Waals surface area contributed by atoms with Crippen LogP contribution in [0.1, 0.15) is 24.5 Å². The lowest BCUT2D eigenvalue weighted by Crippen LogP contribution is -1.98. The van der Waals surface area contributed by atoms with Crippen molar-refractivity contribution in [3.05, 3.63) is 45.7 Å². The molecule has 0 amide bonds. The van der Waals surface area contributed by atoms with Gasteiger partial charge in [-0.15, -0.1) is 0 Å². The van der Waals surface area contributed by atoms with Gasteiger partial charge in [0.1, 0.15) is 16.1 Å². The number of halogens is 2. The lowest BCUT2D eigenvalue weighted by Gasteiger charge is -2.09. The summed E-state index contributed by atoms with van der Waals surface area (Å²) < 4.78 is 5.56. The summed E-state index contributed by atoms with van der Waals surface area (Å²) in [6.45, 7) is 2.80. The minimum absolute atomic E-state index is 0.408. The van der Waals surface area contributed by atoms with Gasteiger partial charge in [-0.3, -0.25) is 0 Å². The Hall–Kier alpha value is -0.970. The normalized spacial score (nSPS) is 10.7. The van der Waals surface area contributed by atoms with E-state index in [1.807, 2.05) is 30.5 Å². The maximum atomic E-state index is 6.19. The van der Waals surface area contributed by atoms with Gasteiger partial charge in [0, 0.05) is 12.0 Å². The van der Waals surface area contributed by atoms with Crippen molar-refractivity contribution in [1.82, 2.24) is 9.97 Å². The molecule has 1 heterocycles. The molecule has 1 aromatic heterocycles. The topological polar surface area (TPSA) is 35.0 Å². The third-order valence-corrected chi connectivity index (χ3v) is 4.02. The number of benzene rings is 1. The molecule has 0 saturated carbocycles. The van der Waals surface area contributed by atoms with Crippen molar-refractivity contribution in [1.29, 1.82) is 0 Å². The summed E-state index contributed by atoms with van der Waals surface area (Å²) in [5.74, 6) is 0.867. The average Bonchev–Trinajstić information content (AvgIpc) is 2.49. The molecule has 3 nitrogen and oxygen atoms in total. The maximum absolute atomic E-state index is 6.19. The average molecular weight is 343 g/mol. The van der Waals surface area contributed by atoms with E-state index in [1.54, 1.807) is 0 Å². The maximum Gasteiger partial charge on any atom is 0.190 e. The molecule has 0 N–H and O–H groups in total. The number of nitrogens with zero attached hydrogens (tertiary/aromatic N) is 2. The smallest absolute Gasteiger partial charge is 0.190 e. The Kier molecular flexibility index (Phi) is 6.15. The molecule has 2 aromatic rings. The zero-order valence-corrected chi connectivity index (χ0v) is 14.2. The van der Waals surface area contributed by atoms with Crippen molar-refractivity contribution < 1.29 is 4.74 Å². The highest BCUT2D eigenvalue weighted by Gasteiger charge is 2.12. The van der Waals surface area contributed by atoms with Crippen molar-refractivity contribution in [2.75, 3.05) is 12.9 Å². The molecule has 0 fully saturated rings. The van der Waals surface area contributed by atoms with Crippen LogP contribution in [0.3, 0.4) is 0 Å². The molecular weight excluding hydrogens is 327 g/mol. The fraction of sp³-hybridized carbons (Fsp3) is 0.333. The van der Waals surface area contributed by atoms with E-state index in [0.29, 0.717) is 21.9 Å². The van der Waals surface area contributed by atoms with Gasteiger partial charge in [-0.1, -0.05) is 54.0 Å². The first-order valence-corrected chi connectivity index (χ1v) is 8.59. The van der Waals surface area contributed by atoms with Gasteiger partial charge in [-0.25, -0.2) is 9.97 Å². The van der Waals surface area contributed by atoms with E-state index < -0.39 is 0 Å². The second kappa shape index (κ2) is 7.87. The number of thioether (sulfide) groups is 1. The number of hydrogen-bond acceptors (Lipinski definition) is 4. The van der Waals surface area contributed by atoms with Gasteiger partial charge in [0.05, 0.1) is 6.61 Å². The van der Waals surface area contributed by atoms with Gasteiger partial charge >= 0.3 is 0 Å². The first-order chi connectivity index (χ1) is 10.1. The van der Waals surface area contributed by atoms with Crippen molar-refractivity contribution in [2.24, 2.45) is 0 Å². The Morgan fingerprint density at radius 3 is 2.24 bits per heavy atom. The van der Waals surface area contributed by atoms with Crippen LogP contribution in [0.15, 0.2) is 29.4 Å². The van der Waals surface area contributed by atoms with E-state index in [2.05, 4.69) is 16.9 Å². The molecule has 0 spiro atoms. The summed E-state index contributed by atoms with van der Waals surface area (Å²) in [6.07, 6.45) is 3.48. The van der Waals surface area contributed by atoms with Crippen LogP contribution in [0.2, 0.25) is 10.3 Å². The Balaban J connectivity index is 2.14. The second-order valence-electron chi connectivity index (χ2n) is 4.44. The number of rotatable bonds is 6. The summed E-state index contributed by atoms with van der Waals surface area (Å²) in [7, 11) is 0. The molecule has 1 aromatic carbocycles. The van der Waals surface area contributed by atoms with Crippen LogP contribution >= 0.6 is 35.0 Å². The first kappa shape index (κ1) is 16.4. The largest absolute Gasteiger partial charge is 0.494 e. The number of ether oxygens (including phenoxy) is 1. The van der Waals surface area contributed by atoms with Crippen molar-refractivity contribution in [3.63, 3.8) is 0 Å². The summed E-state index contributed by atoms with van der Waals surface area (Å²) in [5.41, 5.74) is 1.83. The molecule has 0 atom stereocenters. The molecule has 0 saturated heterocycles. The van der Waals surface area contributed by atoms with Gasteiger partial charge in [0.15, 0.2) is 5.16 Å². The van der Waals surface area contributed by atoms with Crippen molar-refractivity contribution in [2.45, 2.75) is 24.9 Å². The zero-order valence-electron chi connectivity index (χ0n) is 11.9. The summed E-state index contributed by atoms with van der Waals surface area (Å²) in [4.78, 5) is 8.43. The monoisotopic (exact) mass is 342 g/mol. The zero-order chi connectivity index (χ0) is 15.2. The highest BCUT2D eigenvalue weighted by atomic mass is 35.5. The fourth-order valence-corrected chi connectivity index (χ4v) is 2.76. The molecule has 112 valence electrons. The summed E-state index contributed by atoms with van der Waals surface area (Å²) in [5, 5.41) is 1.40. The predicted octanol–water partition coefficient (Wildman–Crippen LogP) is 4.88. The van der Waals surface area contributed by atoms with Crippen molar-refractivity contribution in [3.8, 4) is 5.75 Å². The SMILES string of the molecule is CCCOc1ccc(Cc2c(Cl)nc(SC)nc2Cl)cc1. The quantitative estimate of drug-likeness (QED) is 0.425. The standard InChI is InChI=1S/C15H16Cl2N2OS/c1-3-8-20-11-6-4-10(5-7-11)9-12-13(16)18-15(21-2)19-14(12)17/h4-7H,3,8-9H2,1-2H3. The van der Waals surface area contributed by atoms with Crippen LogP contribution in [0.25, 0.3) is 0 Å². The molecule has 0 aliphatic carbocycles. The third kappa shape index (κ3) is 4.50. The van der Waals surface area contributed by atoms with Crippen LogP contribution < -0.4 is 4.74 Å². The molecule has 0 aliphatic rings. The van der Waals surface area contributed by atoms with Gasteiger partial charge in [-0.05, 0) is 30.4 Å². The van der Waals surface area contributed by atoms with Gasteiger partial charge < -0.3 is 4.74 Å². The van der Waals surface area contributed by atoms with Crippen LogP contribution in [-0.4, -0.2) is 22.8 Å². The van der Waals surface area contributed by atoms with E-state index in [1.165, 1.54) is 11.8 Å². The third-order valence-electron chi connectivity index (χ3n) is 2.85. The van der Waals surface area contributed by atoms with Crippen LogP contribution in [-0.2, 0) is 6.42 Å². The number of hydrogen-bond donors (Lipinski definition) is 0. The molecule has 6 heteroatoms. The van der Waals surface area contributed by atoms with Gasteiger partial charge in [0.2, 0.25) is 0 Å². The van der Waals surface area contributed by atoms with Crippen LogP contribution in [0, 0.1) is 0 Å². The van der Waals surface area contributed by atoms with E-state index in [0.717, 1.165) is 29.9 Å². The lowest BCUT2D eigenvalue weighted by atomic mass is 10.1. The lowest BCUT2D eigenvalue weighted by molar-refractivity contribution is 0.317. The number of aromatic nitrogens is 2. The van der Waals surface area contributed by atoms with E-state index >= 15 is 0 Å². The molecule has 0 aliphatic heterocycles. The van der Waals surface area contributed by atoms with E-state index in [4.69, 9.17) is 27.9 Å². The molecule has 0 radical (unpaired) electrons. The minimum Gasteiger partial charge on any atom is -0.494 e. The summed E-state index contributed by atoms with van der Waals surface area (Å²) >= 11 is 13.8. The van der Waals surface area contributed by atoms with E-state index in [-0.39, 0.29) is 0 Å². The van der Waals surface area contributed by atoms with Gasteiger partial charge in [-0.2, -0.15) is 0 Å². The second-order valence-corrected chi connectivity index (χ2v) is 5.93. The highest BCUT2D eigenvalue weighted by Crippen LogP contribution is 2.27. The summed E-state index contributed by atoms with van der Waals surface area (Å²) in [6, 6.07) is 7.90. The Bertz CT molecular complexity index is 582. The fourth-order valence-electron chi connectivity index (χ4n) is 1.78.